The molecule has 0 aliphatic heterocycles. The van der Waals surface area contributed by atoms with E-state index in [1.807, 2.05) is 0 Å². The molecule has 0 aromatic carbocycles. The van der Waals surface area contributed by atoms with Crippen LogP contribution < -0.4 is 5.73 Å². The summed E-state index contributed by atoms with van der Waals surface area (Å²) in [5, 5.41) is 0. The van der Waals surface area contributed by atoms with Crippen LogP contribution in [0.4, 0.5) is 0 Å². The minimum atomic E-state index is -4.36. The third kappa shape index (κ3) is 32.7. The Morgan fingerprint density at radius 1 is 0.578 bits per heavy atom. The van der Waals surface area contributed by atoms with Gasteiger partial charge in [-0.25, -0.2) is 4.57 Å². The summed E-state index contributed by atoms with van der Waals surface area (Å²) in [7, 11) is -4.36. The van der Waals surface area contributed by atoms with E-state index in [0.717, 1.165) is 38.5 Å². The second-order valence-corrected chi connectivity index (χ2v) is 13.9. The molecule has 10 heteroatoms. The van der Waals surface area contributed by atoms with Gasteiger partial charge >= 0.3 is 19.8 Å². The van der Waals surface area contributed by atoms with Crippen LogP contribution in [0.3, 0.4) is 0 Å². The number of hydrogen-bond acceptors (Lipinski definition) is 8. The van der Waals surface area contributed by atoms with Gasteiger partial charge in [-0.2, -0.15) is 0 Å². The van der Waals surface area contributed by atoms with E-state index in [2.05, 4.69) is 13.8 Å². The standard InChI is InChI=1S/C35H70NO8P/c1-3-5-7-9-11-13-14-15-16-17-18-19-20-22-23-25-27-34(37)41-31-33(32-43-45(39,40)42-30-29-36)44-35(38)28-26-24-21-12-10-8-6-4-2/h33H,3-32,36H2,1-2H3,(H,39,40)/t33-/m1/s1. The number of phosphoric acid groups is 1. The predicted molar refractivity (Wildman–Crippen MR) is 183 cm³/mol. The lowest BCUT2D eigenvalue weighted by molar-refractivity contribution is -0.161. The maximum atomic E-state index is 12.4. The number of nitrogens with two attached hydrogens (primary N) is 1. The van der Waals surface area contributed by atoms with Gasteiger partial charge < -0.3 is 20.1 Å². The zero-order valence-corrected chi connectivity index (χ0v) is 30.0. The van der Waals surface area contributed by atoms with Crippen molar-refractivity contribution < 1.29 is 37.6 Å². The molecular weight excluding hydrogens is 593 g/mol. The largest absolute Gasteiger partial charge is 0.472 e. The summed E-state index contributed by atoms with van der Waals surface area (Å²) in [5.41, 5.74) is 5.32. The fourth-order valence-electron chi connectivity index (χ4n) is 5.22. The lowest BCUT2D eigenvalue weighted by Gasteiger charge is -2.19. The van der Waals surface area contributed by atoms with Crippen molar-refractivity contribution in [3.8, 4) is 0 Å². The first kappa shape index (κ1) is 44.0. The molecule has 45 heavy (non-hydrogen) atoms. The molecule has 9 nitrogen and oxygen atoms in total. The Morgan fingerprint density at radius 3 is 1.36 bits per heavy atom. The van der Waals surface area contributed by atoms with Crippen molar-refractivity contribution in [2.45, 2.75) is 187 Å². The summed E-state index contributed by atoms with van der Waals surface area (Å²) in [6, 6.07) is 0. The van der Waals surface area contributed by atoms with E-state index < -0.39 is 26.5 Å². The minimum absolute atomic E-state index is 0.0574. The van der Waals surface area contributed by atoms with Gasteiger partial charge in [0.2, 0.25) is 0 Å². The second-order valence-electron chi connectivity index (χ2n) is 12.5. The molecule has 0 aromatic heterocycles. The van der Waals surface area contributed by atoms with Crippen molar-refractivity contribution in [1.29, 1.82) is 0 Å². The van der Waals surface area contributed by atoms with Crippen LogP contribution in [-0.2, 0) is 32.7 Å². The maximum absolute atomic E-state index is 12.4. The first-order chi connectivity index (χ1) is 21.8. The Morgan fingerprint density at radius 2 is 0.956 bits per heavy atom. The Kier molecular flexibility index (Phi) is 32.2. The minimum Gasteiger partial charge on any atom is -0.462 e. The highest BCUT2D eigenvalue weighted by Crippen LogP contribution is 2.43. The monoisotopic (exact) mass is 663 g/mol. The van der Waals surface area contributed by atoms with Gasteiger partial charge in [-0.1, -0.05) is 155 Å². The van der Waals surface area contributed by atoms with Crippen LogP contribution in [0.2, 0.25) is 0 Å². The highest BCUT2D eigenvalue weighted by molar-refractivity contribution is 7.47. The topological polar surface area (TPSA) is 134 Å². The first-order valence-electron chi connectivity index (χ1n) is 18.5. The molecule has 0 saturated carbocycles. The summed E-state index contributed by atoms with van der Waals surface area (Å²) in [4.78, 5) is 34.5. The number of esters is 2. The molecule has 0 bridgehead atoms. The third-order valence-corrected chi connectivity index (χ3v) is 8.98. The van der Waals surface area contributed by atoms with Gasteiger partial charge in [-0.05, 0) is 12.8 Å². The van der Waals surface area contributed by atoms with Crippen LogP contribution in [0.15, 0.2) is 0 Å². The van der Waals surface area contributed by atoms with Gasteiger partial charge in [-0.15, -0.1) is 0 Å². The van der Waals surface area contributed by atoms with Crippen LogP contribution in [0.25, 0.3) is 0 Å². The molecule has 0 amide bonds. The fraction of sp³-hybridized carbons (Fsp3) is 0.943. The van der Waals surface area contributed by atoms with Crippen molar-refractivity contribution >= 4 is 19.8 Å². The van der Waals surface area contributed by atoms with E-state index in [0.29, 0.717) is 6.42 Å². The van der Waals surface area contributed by atoms with Gasteiger partial charge in [0.15, 0.2) is 6.10 Å². The Hall–Kier alpha value is -0.990. The summed E-state index contributed by atoms with van der Waals surface area (Å²) < 4.78 is 32.5. The summed E-state index contributed by atoms with van der Waals surface area (Å²) >= 11 is 0. The first-order valence-corrected chi connectivity index (χ1v) is 20.0. The molecule has 0 aliphatic rings. The number of hydrogen-bond donors (Lipinski definition) is 2. The SMILES string of the molecule is CCCCCCCCCCCCCCCCCCC(=O)OC[C@H](COP(=O)(O)OCCN)OC(=O)CCCCCCCCCC. The van der Waals surface area contributed by atoms with Crippen LogP contribution >= 0.6 is 7.82 Å². The Labute approximate surface area is 276 Å². The van der Waals surface area contributed by atoms with Crippen molar-refractivity contribution in [1.82, 2.24) is 0 Å². The van der Waals surface area contributed by atoms with E-state index in [-0.39, 0.29) is 38.6 Å². The molecule has 1 unspecified atom stereocenters. The molecular formula is C35H70NO8P. The molecule has 268 valence electrons. The number of carbonyl (C=O) groups is 2. The zero-order valence-electron chi connectivity index (χ0n) is 29.1. The second kappa shape index (κ2) is 32.9. The number of ether oxygens (including phenoxy) is 2. The molecule has 0 saturated heterocycles. The lowest BCUT2D eigenvalue weighted by Crippen LogP contribution is -2.29. The molecule has 3 N–H and O–H groups in total. The van der Waals surface area contributed by atoms with Gasteiger partial charge in [0.1, 0.15) is 6.61 Å². The van der Waals surface area contributed by atoms with E-state index in [1.165, 1.54) is 109 Å². The fourth-order valence-corrected chi connectivity index (χ4v) is 5.99. The smallest absolute Gasteiger partial charge is 0.462 e. The quantitative estimate of drug-likeness (QED) is 0.0386. The average Bonchev–Trinajstić information content (AvgIpc) is 3.02. The summed E-state index contributed by atoms with van der Waals surface area (Å²) in [6.07, 6.45) is 28.6. The molecule has 0 spiro atoms. The van der Waals surface area contributed by atoms with E-state index in [9.17, 15) is 19.0 Å². The molecule has 0 heterocycles. The molecule has 2 atom stereocenters. The van der Waals surface area contributed by atoms with Crippen molar-refractivity contribution in [2.24, 2.45) is 5.73 Å². The predicted octanol–water partition coefficient (Wildman–Crippen LogP) is 9.72. The van der Waals surface area contributed by atoms with Crippen molar-refractivity contribution in [3.63, 3.8) is 0 Å². The van der Waals surface area contributed by atoms with E-state index in [4.69, 9.17) is 24.3 Å². The summed E-state index contributed by atoms with van der Waals surface area (Å²) in [5.74, 6) is -0.824. The van der Waals surface area contributed by atoms with Crippen LogP contribution in [0, 0.1) is 0 Å². The number of unbranched alkanes of at least 4 members (excludes halogenated alkanes) is 22. The Bertz CT molecular complexity index is 724. The third-order valence-electron chi connectivity index (χ3n) is 7.99. The highest BCUT2D eigenvalue weighted by atomic mass is 31.2. The molecule has 0 fully saturated rings. The lowest BCUT2D eigenvalue weighted by atomic mass is 10.0. The summed E-state index contributed by atoms with van der Waals surface area (Å²) in [6.45, 7) is 3.70. The normalized spacial score (nSPS) is 13.4. The Balaban J connectivity index is 4.11. The highest BCUT2D eigenvalue weighted by Gasteiger charge is 2.25. The molecule has 0 aromatic rings. The zero-order chi connectivity index (χ0) is 33.3. The van der Waals surface area contributed by atoms with Gasteiger partial charge in [0.25, 0.3) is 0 Å². The molecule has 0 rings (SSSR count). The number of rotatable bonds is 35. The van der Waals surface area contributed by atoms with Gasteiger partial charge in [0, 0.05) is 19.4 Å². The van der Waals surface area contributed by atoms with E-state index in [1.54, 1.807) is 0 Å². The van der Waals surface area contributed by atoms with Crippen molar-refractivity contribution in [3.05, 3.63) is 0 Å². The van der Waals surface area contributed by atoms with Crippen LogP contribution in [-0.4, -0.2) is 49.3 Å². The maximum Gasteiger partial charge on any atom is 0.472 e. The van der Waals surface area contributed by atoms with Crippen LogP contribution in [0.1, 0.15) is 181 Å². The van der Waals surface area contributed by atoms with Crippen molar-refractivity contribution in [2.75, 3.05) is 26.4 Å². The number of phosphoric ester groups is 1. The van der Waals surface area contributed by atoms with E-state index >= 15 is 0 Å². The number of carbonyl (C=O) groups excluding carboxylic acids is 2. The van der Waals surface area contributed by atoms with Crippen LogP contribution in [0.5, 0.6) is 0 Å². The van der Waals surface area contributed by atoms with Gasteiger partial charge in [0.05, 0.1) is 13.2 Å². The molecule has 0 aliphatic carbocycles. The van der Waals surface area contributed by atoms with Gasteiger partial charge in [-0.3, -0.25) is 18.6 Å². The average molecular weight is 664 g/mol. The molecule has 0 radical (unpaired) electrons.